The second kappa shape index (κ2) is 11.9. The third kappa shape index (κ3) is 7.02. The zero-order valence-electron chi connectivity index (χ0n) is 23.7. The standard InChI is InChI=1S/C29H34INO10S2/c1-18-3-5-24(19(2)9-18)42(34,35)31-27(33)28-12-20-10-21(13-28)15-29(14-20,17-28)41-8-7-39-26(32)16-40-22-4-6-25(23(30)11-22)43(36,37)38/h3-6,9,11,20-21H,7-8,10,12-17H2,1-2H3,(H,31,33)(H,36,37,38)/p-2. The van der Waals surface area contributed by atoms with Crippen molar-refractivity contribution < 1.29 is 45.5 Å². The summed E-state index contributed by atoms with van der Waals surface area (Å²) in [5.74, 6) is -0.601. The summed E-state index contributed by atoms with van der Waals surface area (Å²) in [6.07, 6.45) is 4.04. The third-order valence-electron chi connectivity index (χ3n) is 8.56. The maximum atomic E-state index is 13.6. The highest BCUT2D eigenvalue weighted by Crippen LogP contribution is 2.63. The van der Waals surface area contributed by atoms with Crippen LogP contribution in [0.3, 0.4) is 0 Å². The summed E-state index contributed by atoms with van der Waals surface area (Å²) in [6, 6.07) is 8.67. The number of aryl methyl sites for hydroxylation is 2. The number of halogens is 1. The van der Waals surface area contributed by atoms with Gasteiger partial charge in [0.25, 0.3) is 10.0 Å². The van der Waals surface area contributed by atoms with E-state index in [4.69, 9.17) is 14.2 Å². The van der Waals surface area contributed by atoms with Gasteiger partial charge >= 0.3 is 5.97 Å². The van der Waals surface area contributed by atoms with Crippen molar-refractivity contribution in [3.63, 3.8) is 0 Å². The molecule has 0 N–H and O–H groups in total. The summed E-state index contributed by atoms with van der Waals surface area (Å²) >= 11 is 1.70. The number of nitrogens with zero attached hydrogens (tertiary/aromatic N) is 1. The van der Waals surface area contributed by atoms with E-state index in [1.165, 1.54) is 18.2 Å². The summed E-state index contributed by atoms with van der Waals surface area (Å²) in [6.45, 7) is 3.18. The number of benzene rings is 2. The summed E-state index contributed by atoms with van der Waals surface area (Å²) in [7, 11) is -8.78. The molecule has 0 aromatic heterocycles. The van der Waals surface area contributed by atoms with E-state index >= 15 is 0 Å². The maximum Gasteiger partial charge on any atom is 0.344 e. The van der Waals surface area contributed by atoms with Crippen molar-refractivity contribution in [3.8, 4) is 5.75 Å². The minimum atomic E-state index is -4.61. The van der Waals surface area contributed by atoms with E-state index in [-0.39, 0.29) is 44.2 Å². The Morgan fingerprint density at radius 1 is 1.00 bits per heavy atom. The Labute approximate surface area is 265 Å². The Balaban J connectivity index is 1.18. The van der Waals surface area contributed by atoms with Gasteiger partial charge in [-0.15, -0.1) is 0 Å². The van der Waals surface area contributed by atoms with E-state index in [0.717, 1.165) is 30.9 Å². The molecular formula is C29H32INO10S2-2. The Hall–Kier alpha value is -2.27. The molecule has 4 aliphatic carbocycles. The van der Waals surface area contributed by atoms with Gasteiger partial charge in [0, 0.05) is 8.99 Å². The van der Waals surface area contributed by atoms with Gasteiger partial charge in [-0.05, 0) is 123 Å². The van der Waals surface area contributed by atoms with Crippen LogP contribution in [0.5, 0.6) is 5.75 Å². The average Bonchev–Trinajstić information content (AvgIpc) is 2.88. The van der Waals surface area contributed by atoms with Crippen LogP contribution in [0.25, 0.3) is 0 Å². The first-order valence-corrected chi connectivity index (χ1v) is 17.8. The first kappa shape index (κ1) is 32.1. The lowest BCUT2D eigenvalue weighted by Crippen LogP contribution is -2.61. The van der Waals surface area contributed by atoms with Crippen LogP contribution >= 0.6 is 22.6 Å². The highest BCUT2D eigenvalue weighted by molar-refractivity contribution is 14.1. The van der Waals surface area contributed by atoms with E-state index < -0.39 is 49.6 Å². The molecule has 0 amide bonds. The molecule has 0 heterocycles. The predicted molar refractivity (Wildman–Crippen MR) is 160 cm³/mol. The van der Waals surface area contributed by atoms with E-state index in [9.17, 15) is 31.3 Å². The molecule has 2 aromatic carbocycles. The molecule has 0 saturated heterocycles. The Bertz CT molecular complexity index is 1660. The third-order valence-corrected chi connectivity index (χ3v) is 12.1. The van der Waals surface area contributed by atoms with Gasteiger partial charge in [0.05, 0.1) is 22.0 Å². The molecule has 2 atom stereocenters. The van der Waals surface area contributed by atoms with Crippen LogP contribution in [0, 0.1) is 34.7 Å². The number of hydrogen-bond donors (Lipinski definition) is 0. The van der Waals surface area contributed by atoms with Gasteiger partial charge in [0.1, 0.15) is 22.5 Å². The molecule has 2 unspecified atom stereocenters. The number of carbonyl (C=O) groups excluding carboxylic acids is 1. The first-order valence-electron chi connectivity index (χ1n) is 13.9. The van der Waals surface area contributed by atoms with Crippen LogP contribution in [0.2, 0.25) is 0 Å². The molecule has 4 saturated carbocycles. The number of carbonyl (C=O) groups is 1. The van der Waals surface area contributed by atoms with Crippen LogP contribution in [-0.4, -0.2) is 58.7 Å². The van der Waals surface area contributed by atoms with Crippen molar-refractivity contribution in [1.29, 1.82) is 0 Å². The lowest BCUT2D eigenvalue weighted by molar-refractivity contribution is -0.256. The lowest BCUT2D eigenvalue weighted by Gasteiger charge is -2.62. The maximum absolute atomic E-state index is 13.6. The van der Waals surface area contributed by atoms with E-state index in [2.05, 4.69) is 4.40 Å². The fourth-order valence-electron chi connectivity index (χ4n) is 7.31. The van der Waals surface area contributed by atoms with Crippen LogP contribution in [0.1, 0.15) is 49.7 Å². The molecule has 234 valence electrons. The number of sulfonamides is 1. The number of ether oxygens (including phenoxy) is 3. The fraction of sp³-hybridized carbons (Fsp3) is 0.517. The van der Waals surface area contributed by atoms with Crippen molar-refractivity contribution in [1.82, 2.24) is 0 Å². The van der Waals surface area contributed by atoms with Gasteiger partial charge < -0.3 is 23.9 Å². The van der Waals surface area contributed by atoms with Crippen LogP contribution in [0.15, 0.2) is 50.6 Å². The zero-order chi connectivity index (χ0) is 31.2. The van der Waals surface area contributed by atoms with Gasteiger partial charge in [-0.1, -0.05) is 17.7 Å². The Kier molecular flexibility index (Phi) is 8.90. The largest absolute Gasteiger partial charge is 0.861 e. The summed E-state index contributed by atoms with van der Waals surface area (Å²) in [5.41, 5.74) is -0.0352. The first-order chi connectivity index (χ1) is 20.1. The van der Waals surface area contributed by atoms with Crippen molar-refractivity contribution in [2.45, 2.75) is 67.8 Å². The van der Waals surface area contributed by atoms with Gasteiger partial charge in [0.15, 0.2) is 6.61 Å². The zero-order valence-corrected chi connectivity index (χ0v) is 27.5. The number of esters is 1. The molecule has 0 radical (unpaired) electrons. The topological polar surface area (TPSA) is 172 Å². The van der Waals surface area contributed by atoms with Crippen molar-refractivity contribution in [3.05, 3.63) is 51.1 Å². The van der Waals surface area contributed by atoms with Gasteiger partial charge in [-0.3, -0.25) is 0 Å². The smallest absolute Gasteiger partial charge is 0.344 e. The molecular weight excluding hydrogens is 713 g/mol. The Morgan fingerprint density at radius 3 is 2.30 bits per heavy atom. The number of hydrogen-bond acceptors (Lipinski definition) is 10. The van der Waals surface area contributed by atoms with E-state index in [1.807, 2.05) is 6.92 Å². The molecule has 11 nitrogen and oxygen atoms in total. The van der Waals surface area contributed by atoms with E-state index in [1.54, 1.807) is 41.6 Å². The highest BCUT2D eigenvalue weighted by Gasteiger charge is 2.58. The Morgan fingerprint density at radius 2 is 1.67 bits per heavy atom. The van der Waals surface area contributed by atoms with Crippen LogP contribution in [-0.2, 0) is 34.4 Å². The molecule has 14 heteroatoms. The summed E-state index contributed by atoms with van der Waals surface area (Å²) in [4.78, 5) is 11.9. The molecule has 0 spiro atoms. The minimum Gasteiger partial charge on any atom is -0.861 e. The quantitative estimate of drug-likeness (QED) is 0.0831. The van der Waals surface area contributed by atoms with Crippen molar-refractivity contribution in [2.24, 2.45) is 21.6 Å². The summed E-state index contributed by atoms with van der Waals surface area (Å²) in [5, 5.41) is 13.6. The monoisotopic (exact) mass is 745 g/mol. The highest BCUT2D eigenvalue weighted by atomic mass is 127. The van der Waals surface area contributed by atoms with Crippen LogP contribution < -0.4 is 9.84 Å². The average molecular weight is 746 g/mol. The molecule has 6 rings (SSSR count). The molecule has 4 bridgehead atoms. The van der Waals surface area contributed by atoms with Gasteiger partial charge in [0.2, 0.25) is 0 Å². The molecule has 43 heavy (non-hydrogen) atoms. The second-order valence-corrected chi connectivity index (χ2v) is 16.1. The minimum absolute atomic E-state index is 0.0371. The molecule has 4 fully saturated rings. The second-order valence-electron chi connectivity index (χ2n) is 12.0. The van der Waals surface area contributed by atoms with Crippen molar-refractivity contribution >= 4 is 54.6 Å². The van der Waals surface area contributed by atoms with Gasteiger partial charge in [-0.2, -0.15) is 12.8 Å². The van der Waals surface area contributed by atoms with Gasteiger partial charge in [-0.25, -0.2) is 13.2 Å². The lowest BCUT2D eigenvalue weighted by atomic mass is 9.47. The number of rotatable bonds is 11. The van der Waals surface area contributed by atoms with E-state index in [0.29, 0.717) is 24.8 Å². The normalized spacial score (nSPS) is 26.8. The fourth-order valence-corrected chi connectivity index (χ4v) is 10.4. The summed E-state index contributed by atoms with van der Waals surface area (Å²) < 4.78 is 80.8. The SMILES string of the molecule is Cc1ccc(S(=O)(=O)/N=C(\[O-])C23CC4CC(CC(OCCOC(=O)COc5ccc(S(=O)(=O)[O-])c(I)c5)(C4)C2)C3)c(C)c1. The molecule has 2 aromatic rings. The van der Waals surface area contributed by atoms with Crippen molar-refractivity contribution in [2.75, 3.05) is 19.8 Å². The molecule has 4 aliphatic rings. The van der Waals surface area contributed by atoms with Crippen LogP contribution in [0.4, 0.5) is 0 Å². The molecule has 0 aliphatic heterocycles. The predicted octanol–water partition coefficient (Wildman–Crippen LogP) is 3.24.